The second-order valence-electron chi connectivity index (χ2n) is 4.51. The van der Waals surface area contributed by atoms with Gasteiger partial charge in [0.2, 0.25) is 5.91 Å². The SMILES string of the molecule is COCC(O)CNC(=O)C1(CN)CCCC1. The number of ether oxygens (including phenoxy) is 1. The average Bonchev–Trinajstić information content (AvgIpc) is 2.76. The quantitative estimate of drug-likeness (QED) is 0.581. The van der Waals surface area contributed by atoms with E-state index in [9.17, 15) is 9.90 Å². The Labute approximate surface area is 96.3 Å². The van der Waals surface area contributed by atoms with Gasteiger partial charge in [-0.05, 0) is 12.8 Å². The van der Waals surface area contributed by atoms with Crippen LogP contribution in [-0.4, -0.2) is 43.9 Å². The molecule has 0 aliphatic heterocycles. The van der Waals surface area contributed by atoms with E-state index < -0.39 is 11.5 Å². The molecule has 16 heavy (non-hydrogen) atoms. The van der Waals surface area contributed by atoms with Crippen LogP contribution in [0, 0.1) is 5.41 Å². The van der Waals surface area contributed by atoms with Gasteiger partial charge in [0.05, 0.1) is 18.1 Å². The monoisotopic (exact) mass is 230 g/mol. The first-order chi connectivity index (χ1) is 7.64. The molecule has 1 rings (SSSR count). The molecule has 1 aliphatic rings. The fraction of sp³-hybridized carbons (Fsp3) is 0.909. The molecule has 0 aromatic heterocycles. The van der Waals surface area contributed by atoms with Gasteiger partial charge in [-0.25, -0.2) is 0 Å². The number of amides is 1. The average molecular weight is 230 g/mol. The van der Waals surface area contributed by atoms with E-state index in [1.807, 2.05) is 0 Å². The maximum Gasteiger partial charge on any atom is 0.227 e. The summed E-state index contributed by atoms with van der Waals surface area (Å²) in [5.41, 5.74) is 5.29. The summed E-state index contributed by atoms with van der Waals surface area (Å²) in [6.45, 7) is 0.851. The van der Waals surface area contributed by atoms with Crippen LogP contribution in [-0.2, 0) is 9.53 Å². The zero-order valence-electron chi connectivity index (χ0n) is 9.87. The molecule has 94 valence electrons. The van der Waals surface area contributed by atoms with Crippen molar-refractivity contribution in [3.05, 3.63) is 0 Å². The molecule has 4 N–H and O–H groups in total. The van der Waals surface area contributed by atoms with Gasteiger partial charge in [0, 0.05) is 20.2 Å². The first kappa shape index (κ1) is 13.4. The minimum atomic E-state index is -0.648. The predicted molar refractivity (Wildman–Crippen MR) is 60.8 cm³/mol. The second kappa shape index (κ2) is 6.18. The lowest BCUT2D eigenvalue weighted by atomic mass is 9.85. The molecule has 5 heteroatoms. The number of nitrogens with one attached hydrogen (secondary N) is 1. The molecule has 0 bridgehead atoms. The number of carbonyl (C=O) groups is 1. The minimum Gasteiger partial charge on any atom is -0.389 e. The molecule has 1 fully saturated rings. The van der Waals surface area contributed by atoms with Gasteiger partial charge in [-0.2, -0.15) is 0 Å². The van der Waals surface area contributed by atoms with Crippen LogP contribution in [0.15, 0.2) is 0 Å². The van der Waals surface area contributed by atoms with E-state index in [2.05, 4.69) is 5.32 Å². The Hall–Kier alpha value is -0.650. The molecule has 0 spiro atoms. The number of hydrogen-bond acceptors (Lipinski definition) is 4. The molecule has 0 radical (unpaired) electrons. The fourth-order valence-corrected chi connectivity index (χ4v) is 2.22. The number of aliphatic hydroxyl groups excluding tert-OH is 1. The maximum absolute atomic E-state index is 12.0. The van der Waals surface area contributed by atoms with Crippen molar-refractivity contribution in [2.45, 2.75) is 31.8 Å². The molecule has 0 aromatic rings. The van der Waals surface area contributed by atoms with Gasteiger partial charge in [-0.1, -0.05) is 12.8 Å². The van der Waals surface area contributed by atoms with Gasteiger partial charge in [-0.3, -0.25) is 4.79 Å². The number of nitrogens with two attached hydrogens (primary N) is 1. The largest absolute Gasteiger partial charge is 0.389 e. The molecule has 1 saturated carbocycles. The summed E-state index contributed by atoms with van der Waals surface area (Å²) in [4.78, 5) is 12.0. The van der Waals surface area contributed by atoms with Crippen molar-refractivity contribution in [1.29, 1.82) is 0 Å². The molecule has 0 heterocycles. The summed E-state index contributed by atoms with van der Waals surface area (Å²) < 4.78 is 4.79. The lowest BCUT2D eigenvalue weighted by Crippen LogP contribution is -2.46. The van der Waals surface area contributed by atoms with Crippen LogP contribution in [0.2, 0.25) is 0 Å². The van der Waals surface area contributed by atoms with Crippen molar-refractivity contribution in [1.82, 2.24) is 5.32 Å². The van der Waals surface area contributed by atoms with Crippen LogP contribution in [0.3, 0.4) is 0 Å². The Bertz CT molecular complexity index is 227. The van der Waals surface area contributed by atoms with Crippen molar-refractivity contribution >= 4 is 5.91 Å². The molecular weight excluding hydrogens is 208 g/mol. The Balaban J connectivity index is 2.38. The summed E-state index contributed by atoms with van der Waals surface area (Å²) in [6.07, 6.45) is 3.19. The smallest absolute Gasteiger partial charge is 0.227 e. The van der Waals surface area contributed by atoms with Crippen molar-refractivity contribution in [3.63, 3.8) is 0 Å². The number of carbonyl (C=O) groups excluding carboxylic acids is 1. The normalized spacial score (nSPS) is 20.7. The first-order valence-electron chi connectivity index (χ1n) is 5.80. The lowest BCUT2D eigenvalue weighted by Gasteiger charge is -2.26. The molecular formula is C11H22N2O3. The van der Waals surface area contributed by atoms with E-state index in [0.717, 1.165) is 25.7 Å². The third-order valence-corrected chi connectivity index (χ3v) is 3.29. The van der Waals surface area contributed by atoms with E-state index in [1.54, 1.807) is 0 Å². The van der Waals surface area contributed by atoms with E-state index >= 15 is 0 Å². The Morgan fingerprint density at radius 1 is 1.56 bits per heavy atom. The summed E-state index contributed by atoms with van der Waals surface area (Å²) in [7, 11) is 1.52. The molecule has 0 saturated heterocycles. The van der Waals surface area contributed by atoms with Crippen molar-refractivity contribution in [3.8, 4) is 0 Å². The Morgan fingerprint density at radius 3 is 2.69 bits per heavy atom. The Morgan fingerprint density at radius 2 is 2.19 bits per heavy atom. The number of hydrogen-bond donors (Lipinski definition) is 3. The van der Waals surface area contributed by atoms with Gasteiger partial charge in [0.15, 0.2) is 0 Å². The van der Waals surface area contributed by atoms with Crippen LogP contribution >= 0.6 is 0 Å². The van der Waals surface area contributed by atoms with Crippen molar-refractivity contribution < 1.29 is 14.6 Å². The maximum atomic E-state index is 12.0. The van der Waals surface area contributed by atoms with E-state index in [1.165, 1.54) is 7.11 Å². The van der Waals surface area contributed by atoms with Gasteiger partial charge in [-0.15, -0.1) is 0 Å². The third-order valence-electron chi connectivity index (χ3n) is 3.29. The van der Waals surface area contributed by atoms with Crippen molar-refractivity contribution in [2.24, 2.45) is 11.1 Å². The van der Waals surface area contributed by atoms with Gasteiger partial charge < -0.3 is 20.9 Å². The fourth-order valence-electron chi connectivity index (χ4n) is 2.22. The van der Waals surface area contributed by atoms with Crippen LogP contribution in [0.4, 0.5) is 0 Å². The van der Waals surface area contributed by atoms with Crippen LogP contribution in [0.5, 0.6) is 0 Å². The molecule has 1 atom stereocenters. The van der Waals surface area contributed by atoms with Crippen LogP contribution in [0.25, 0.3) is 0 Å². The standard InChI is InChI=1S/C11H22N2O3/c1-16-7-9(14)6-13-10(15)11(8-12)4-2-3-5-11/h9,14H,2-8,12H2,1H3,(H,13,15). The summed E-state index contributed by atoms with van der Waals surface area (Å²) in [5, 5.41) is 12.2. The highest BCUT2D eigenvalue weighted by Gasteiger charge is 2.39. The van der Waals surface area contributed by atoms with E-state index in [4.69, 9.17) is 10.5 Å². The zero-order valence-corrected chi connectivity index (χ0v) is 9.87. The lowest BCUT2D eigenvalue weighted by molar-refractivity contribution is -0.130. The topological polar surface area (TPSA) is 84.6 Å². The van der Waals surface area contributed by atoms with Crippen molar-refractivity contribution in [2.75, 3.05) is 26.8 Å². The number of aliphatic hydroxyl groups is 1. The highest BCUT2D eigenvalue weighted by atomic mass is 16.5. The third kappa shape index (κ3) is 3.17. The summed E-state index contributed by atoms with van der Waals surface area (Å²) in [5.74, 6) is -0.0253. The van der Waals surface area contributed by atoms with Crippen LogP contribution in [0.1, 0.15) is 25.7 Å². The predicted octanol–water partition coefficient (Wildman–Crippen LogP) is -0.371. The molecule has 1 unspecified atom stereocenters. The van der Waals surface area contributed by atoms with Gasteiger partial charge in [0.1, 0.15) is 0 Å². The van der Waals surface area contributed by atoms with Gasteiger partial charge >= 0.3 is 0 Å². The van der Waals surface area contributed by atoms with E-state index in [0.29, 0.717) is 6.54 Å². The summed E-state index contributed by atoms with van der Waals surface area (Å²) in [6, 6.07) is 0. The minimum absolute atomic E-state index is 0.0253. The van der Waals surface area contributed by atoms with E-state index in [-0.39, 0.29) is 19.1 Å². The summed E-state index contributed by atoms with van der Waals surface area (Å²) >= 11 is 0. The van der Waals surface area contributed by atoms with Gasteiger partial charge in [0.25, 0.3) is 0 Å². The molecule has 5 nitrogen and oxygen atoms in total. The molecule has 0 aromatic carbocycles. The number of rotatable bonds is 6. The van der Waals surface area contributed by atoms with Crippen LogP contribution < -0.4 is 11.1 Å². The number of methoxy groups -OCH3 is 1. The Kier molecular flexibility index (Phi) is 5.18. The second-order valence-corrected chi connectivity index (χ2v) is 4.51. The first-order valence-corrected chi connectivity index (χ1v) is 5.80. The zero-order chi connectivity index (χ0) is 12.0. The highest BCUT2D eigenvalue weighted by molar-refractivity contribution is 5.83. The highest BCUT2D eigenvalue weighted by Crippen LogP contribution is 2.37. The molecule has 1 amide bonds. The molecule has 1 aliphatic carbocycles.